The number of unbranched alkanes of at least 4 members (excludes halogenated alkanes) is 1. The van der Waals surface area contributed by atoms with E-state index in [0.29, 0.717) is 13.0 Å². The van der Waals surface area contributed by atoms with E-state index in [1.165, 1.54) is 6.42 Å². The van der Waals surface area contributed by atoms with Crippen LogP contribution in [-0.4, -0.2) is 26.1 Å². The quantitative estimate of drug-likeness (QED) is 0.594. The van der Waals surface area contributed by atoms with E-state index in [0.717, 1.165) is 25.9 Å². The van der Waals surface area contributed by atoms with E-state index in [1.807, 2.05) is 0 Å². The molecule has 0 aliphatic carbocycles. The third-order valence-electron chi connectivity index (χ3n) is 1.98. The first-order valence-electron chi connectivity index (χ1n) is 4.75. The van der Waals surface area contributed by atoms with E-state index in [9.17, 15) is 5.11 Å². The van der Waals surface area contributed by atoms with E-state index >= 15 is 0 Å². The Morgan fingerprint density at radius 1 is 1.33 bits per heavy atom. The summed E-state index contributed by atoms with van der Waals surface area (Å²) in [5.41, 5.74) is 0. The van der Waals surface area contributed by atoms with Gasteiger partial charge in [0, 0.05) is 13.2 Å². The molecule has 1 heterocycles. The van der Waals surface area contributed by atoms with E-state index in [-0.39, 0.29) is 12.9 Å². The summed E-state index contributed by atoms with van der Waals surface area (Å²) in [5.74, 6) is 0. The highest BCUT2D eigenvalue weighted by atomic mass is 16.7. The van der Waals surface area contributed by atoms with E-state index < -0.39 is 0 Å². The first-order chi connectivity index (χ1) is 5.93. The maximum Gasteiger partial charge on any atom is 0.157 e. The molecule has 71 valence electrons. The predicted molar refractivity (Wildman–Crippen MR) is 44.3 cm³/mol. The van der Waals surface area contributed by atoms with E-state index in [1.54, 1.807) is 0 Å². The molecule has 1 saturated heterocycles. The number of rotatable bonds is 5. The van der Waals surface area contributed by atoms with Gasteiger partial charge in [-0.15, -0.1) is 0 Å². The largest absolute Gasteiger partial charge is 0.353 e. The molecule has 3 heteroatoms. The second kappa shape index (κ2) is 6.40. The van der Waals surface area contributed by atoms with Crippen LogP contribution in [0.2, 0.25) is 0 Å². The fraction of sp³-hybridized carbons (Fsp3) is 1.00. The summed E-state index contributed by atoms with van der Waals surface area (Å²) in [4.78, 5) is 0. The van der Waals surface area contributed by atoms with Crippen molar-refractivity contribution in [1.29, 1.82) is 0 Å². The van der Waals surface area contributed by atoms with Gasteiger partial charge in [-0.3, -0.25) is 0 Å². The summed E-state index contributed by atoms with van der Waals surface area (Å²) in [5, 5.41) is 10.1. The van der Waals surface area contributed by atoms with Crippen molar-refractivity contribution in [3.05, 3.63) is 0 Å². The van der Waals surface area contributed by atoms with Gasteiger partial charge in [0.25, 0.3) is 0 Å². The Kier molecular flexibility index (Phi) is 5.32. The summed E-state index contributed by atoms with van der Waals surface area (Å²) in [6.45, 7) is 1.51. The molecule has 0 aromatic heterocycles. The van der Waals surface area contributed by atoms with Gasteiger partial charge in [-0.1, -0.05) is 0 Å². The Morgan fingerprint density at radius 3 is 2.92 bits per heavy atom. The van der Waals surface area contributed by atoms with Gasteiger partial charge in [-0.05, 0) is 32.1 Å². The van der Waals surface area contributed by atoms with Gasteiger partial charge < -0.3 is 9.47 Å². The van der Waals surface area contributed by atoms with Gasteiger partial charge in [-0.25, -0.2) is 5.11 Å². The summed E-state index contributed by atoms with van der Waals surface area (Å²) in [6.07, 6.45) is 4.95. The molecular formula is C9H17O3. The molecule has 1 unspecified atom stereocenters. The highest BCUT2D eigenvalue weighted by Gasteiger charge is 2.12. The predicted octanol–water partition coefficient (Wildman–Crippen LogP) is 1.74. The van der Waals surface area contributed by atoms with Crippen molar-refractivity contribution in [2.45, 2.75) is 38.4 Å². The van der Waals surface area contributed by atoms with Gasteiger partial charge in [0.2, 0.25) is 0 Å². The third kappa shape index (κ3) is 4.04. The van der Waals surface area contributed by atoms with Crippen molar-refractivity contribution >= 4 is 0 Å². The topological polar surface area (TPSA) is 38.4 Å². The van der Waals surface area contributed by atoms with Crippen LogP contribution in [0.25, 0.3) is 0 Å². The molecule has 1 radical (unpaired) electrons. The number of ether oxygens (including phenoxy) is 2. The Balaban J connectivity index is 1.91. The minimum atomic E-state index is 0.00500. The third-order valence-corrected chi connectivity index (χ3v) is 1.98. The first kappa shape index (κ1) is 9.96. The van der Waals surface area contributed by atoms with Gasteiger partial charge in [0.05, 0.1) is 6.61 Å². The zero-order valence-electron chi connectivity index (χ0n) is 7.46. The zero-order chi connectivity index (χ0) is 8.65. The maximum atomic E-state index is 10.1. The summed E-state index contributed by atoms with van der Waals surface area (Å²) < 4.78 is 10.8. The molecule has 0 N–H and O–H groups in total. The Bertz CT molecular complexity index is 99.9. The summed E-state index contributed by atoms with van der Waals surface area (Å²) >= 11 is 0. The molecule has 1 aliphatic heterocycles. The Labute approximate surface area is 73.7 Å². The Morgan fingerprint density at radius 2 is 2.25 bits per heavy atom. The standard InChI is InChI=1S/C9H17O3/c10-6-2-4-8-12-9-5-1-3-7-11-9/h9H,1-8H2. The maximum absolute atomic E-state index is 10.1. The van der Waals surface area contributed by atoms with Crippen molar-refractivity contribution in [1.82, 2.24) is 0 Å². The lowest BCUT2D eigenvalue weighted by atomic mass is 10.2. The molecule has 3 nitrogen and oxygen atoms in total. The van der Waals surface area contributed by atoms with Gasteiger partial charge >= 0.3 is 0 Å². The normalized spacial score (nSPS) is 24.2. The lowest BCUT2D eigenvalue weighted by Gasteiger charge is -2.22. The fourth-order valence-corrected chi connectivity index (χ4v) is 1.26. The monoisotopic (exact) mass is 173 g/mol. The molecule has 1 aliphatic rings. The SMILES string of the molecule is [O]CCCCOC1CCCCO1. The van der Waals surface area contributed by atoms with Crippen LogP contribution in [0.5, 0.6) is 0 Å². The number of hydrogen-bond acceptors (Lipinski definition) is 2. The molecule has 0 amide bonds. The summed E-state index contributed by atoms with van der Waals surface area (Å²) in [6, 6.07) is 0. The van der Waals surface area contributed by atoms with Crippen LogP contribution in [0.15, 0.2) is 0 Å². The second-order valence-electron chi connectivity index (χ2n) is 3.08. The van der Waals surface area contributed by atoms with E-state index in [2.05, 4.69) is 0 Å². The van der Waals surface area contributed by atoms with Crippen molar-refractivity contribution in [3.8, 4) is 0 Å². The second-order valence-corrected chi connectivity index (χ2v) is 3.08. The molecule has 1 rings (SSSR count). The smallest absolute Gasteiger partial charge is 0.157 e. The molecular weight excluding hydrogens is 156 g/mol. The minimum absolute atomic E-state index is 0.00500. The van der Waals surface area contributed by atoms with Crippen LogP contribution in [0.3, 0.4) is 0 Å². The molecule has 1 atom stereocenters. The highest BCUT2D eigenvalue weighted by molar-refractivity contribution is 4.53. The average Bonchev–Trinajstić information content (AvgIpc) is 2.14. The van der Waals surface area contributed by atoms with Crippen LogP contribution in [0, 0.1) is 0 Å². The zero-order valence-corrected chi connectivity index (χ0v) is 7.46. The van der Waals surface area contributed by atoms with E-state index in [4.69, 9.17) is 9.47 Å². The average molecular weight is 173 g/mol. The molecule has 1 fully saturated rings. The van der Waals surface area contributed by atoms with Crippen molar-refractivity contribution in [2.75, 3.05) is 19.8 Å². The lowest BCUT2D eigenvalue weighted by molar-refractivity contribution is -0.163. The van der Waals surface area contributed by atoms with Crippen LogP contribution in [0.1, 0.15) is 32.1 Å². The molecule has 0 spiro atoms. The van der Waals surface area contributed by atoms with Crippen molar-refractivity contribution < 1.29 is 14.6 Å². The molecule has 12 heavy (non-hydrogen) atoms. The fourth-order valence-electron chi connectivity index (χ4n) is 1.26. The summed E-state index contributed by atoms with van der Waals surface area (Å²) in [7, 11) is 0. The highest BCUT2D eigenvalue weighted by Crippen LogP contribution is 2.13. The van der Waals surface area contributed by atoms with Crippen molar-refractivity contribution in [2.24, 2.45) is 0 Å². The van der Waals surface area contributed by atoms with Crippen LogP contribution in [-0.2, 0) is 14.6 Å². The molecule has 0 aromatic rings. The lowest BCUT2D eigenvalue weighted by Crippen LogP contribution is -2.22. The minimum Gasteiger partial charge on any atom is -0.353 e. The van der Waals surface area contributed by atoms with Gasteiger partial charge in [0.15, 0.2) is 6.29 Å². The van der Waals surface area contributed by atoms with Gasteiger partial charge in [-0.2, -0.15) is 0 Å². The molecule has 0 aromatic carbocycles. The molecule has 0 bridgehead atoms. The Hall–Kier alpha value is -0.120. The number of hydrogen-bond donors (Lipinski definition) is 0. The van der Waals surface area contributed by atoms with Crippen LogP contribution >= 0.6 is 0 Å². The van der Waals surface area contributed by atoms with Crippen molar-refractivity contribution in [3.63, 3.8) is 0 Å². The molecule has 0 saturated carbocycles. The van der Waals surface area contributed by atoms with Crippen LogP contribution < -0.4 is 0 Å². The van der Waals surface area contributed by atoms with Gasteiger partial charge in [0.1, 0.15) is 0 Å². The first-order valence-corrected chi connectivity index (χ1v) is 4.75. The van der Waals surface area contributed by atoms with Crippen LogP contribution in [0.4, 0.5) is 0 Å².